The number of nitrogens with one attached hydrogen (secondary N) is 1. The minimum Gasteiger partial charge on any atom is -0.493 e. The van der Waals surface area contributed by atoms with E-state index < -0.39 is 0 Å². The van der Waals surface area contributed by atoms with Crippen LogP contribution in [-0.4, -0.2) is 40.3 Å². The fraction of sp³-hybridized carbons (Fsp3) is 0.333. The molecule has 8 heteroatoms. The van der Waals surface area contributed by atoms with Crippen molar-refractivity contribution in [2.45, 2.75) is 32.7 Å². The summed E-state index contributed by atoms with van der Waals surface area (Å²) in [6.07, 6.45) is 3.19. The number of methoxy groups -OCH3 is 2. The van der Waals surface area contributed by atoms with Crippen molar-refractivity contribution in [3.05, 3.63) is 58.4 Å². The van der Waals surface area contributed by atoms with Crippen molar-refractivity contribution in [1.82, 2.24) is 25.5 Å². The lowest BCUT2D eigenvalue weighted by Gasteiger charge is -2.18. The predicted octanol–water partition coefficient (Wildman–Crippen LogP) is 2.71. The Morgan fingerprint density at radius 3 is 2.62 bits per heavy atom. The Morgan fingerprint density at radius 1 is 1.17 bits per heavy atom. The summed E-state index contributed by atoms with van der Waals surface area (Å²) in [6.45, 7) is 3.96. The minimum absolute atomic E-state index is 0.0966. The number of benzene rings is 2. The molecule has 1 aliphatic rings. The van der Waals surface area contributed by atoms with E-state index in [1.54, 1.807) is 14.2 Å². The van der Waals surface area contributed by atoms with Crippen LogP contribution in [0.15, 0.2) is 30.6 Å². The molecule has 8 nitrogen and oxygen atoms in total. The van der Waals surface area contributed by atoms with Crippen molar-refractivity contribution < 1.29 is 14.3 Å². The maximum atomic E-state index is 13.2. The van der Waals surface area contributed by atoms with Gasteiger partial charge in [0.2, 0.25) is 0 Å². The van der Waals surface area contributed by atoms with Crippen LogP contribution in [0.3, 0.4) is 0 Å². The molecule has 1 N–H and O–H groups in total. The third-order valence-electron chi connectivity index (χ3n) is 5.55. The SMILES string of the molecule is COc1cc2c(cc1OC)C(NC(=O)c1ccc(C)c(C)c1-n1cnnn1)CC2. The van der Waals surface area contributed by atoms with Gasteiger partial charge in [0.25, 0.3) is 5.91 Å². The average molecular weight is 393 g/mol. The van der Waals surface area contributed by atoms with Crippen molar-refractivity contribution in [3.8, 4) is 17.2 Å². The highest BCUT2D eigenvalue weighted by molar-refractivity contribution is 5.98. The Balaban J connectivity index is 1.67. The molecule has 29 heavy (non-hydrogen) atoms. The second-order valence-electron chi connectivity index (χ2n) is 7.13. The van der Waals surface area contributed by atoms with Crippen molar-refractivity contribution >= 4 is 5.91 Å². The molecule has 1 heterocycles. The number of hydrogen-bond acceptors (Lipinski definition) is 6. The van der Waals surface area contributed by atoms with Crippen LogP contribution in [0.25, 0.3) is 5.69 Å². The van der Waals surface area contributed by atoms with Gasteiger partial charge in [0.15, 0.2) is 11.5 Å². The summed E-state index contributed by atoms with van der Waals surface area (Å²) in [4.78, 5) is 13.2. The molecule has 1 aliphatic carbocycles. The fourth-order valence-electron chi connectivity index (χ4n) is 3.86. The second kappa shape index (κ2) is 7.54. The van der Waals surface area contributed by atoms with Crippen LogP contribution in [0.4, 0.5) is 0 Å². The van der Waals surface area contributed by atoms with Gasteiger partial charge in [-0.15, -0.1) is 5.10 Å². The second-order valence-corrected chi connectivity index (χ2v) is 7.13. The number of hydrogen-bond donors (Lipinski definition) is 1. The molecular formula is C21H23N5O3. The number of fused-ring (bicyclic) bond motifs is 1. The number of amides is 1. The van der Waals surface area contributed by atoms with Crippen LogP contribution >= 0.6 is 0 Å². The molecule has 3 aromatic rings. The maximum absolute atomic E-state index is 13.2. The Bertz CT molecular complexity index is 1060. The molecular weight excluding hydrogens is 370 g/mol. The quantitative estimate of drug-likeness (QED) is 0.717. The van der Waals surface area contributed by atoms with Gasteiger partial charge in [0.05, 0.1) is 31.5 Å². The molecule has 150 valence electrons. The van der Waals surface area contributed by atoms with Crippen LogP contribution in [-0.2, 0) is 6.42 Å². The number of aryl methyl sites for hydroxylation is 2. The zero-order valence-corrected chi connectivity index (χ0v) is 16.9. The van der Waals surface area contributed by atoms with E-state index in [2.05, 4.69) is 20.8 Å². The highest BCUT2D eigenvalue weighted by Crippen LogP contribution is 2.39. The Morgan fingerprint density at radius 2 is 1.93 bits per heavy atom. The molecule has 0 fully saturated rings. The van der Waals surface area contributed by atoms with Gasteiger partial charge < -0.3 is 14.8 Å². The van der Waals surface area contributed by atoms with Crippen molar-refractivity contribution in [2.75, 3.05) is 14.2 Å². The van der Waals surface area contributed by atoms with Crippen LogP contribution in [0, 0.1) is 13.8 Å². The third-order valence-corrected chi connectivity index (χ3v) is 5.55. The van der Waals surface area contributed by atoms with Crippen LogP contribution in [0.5, 0.6) is 11.5 Å². The van der Waals surface area contributed by atoms with Gasteiger partial charge in [-0.25, -0.2) is 0 Å². The lowest BCUT2D eigenvalue weighted by molar-refractivity contribution is 0.0936. The molecule has 1 unspecified atom stereocenters. The van der Waals surface area contributed by atoms with E-state index in [1.807, 2.05) is 38.1 Å². The maximum Gasteiger partial charge on any atom is 0.253 e. The zero-order valence-electron chi connectivity index (χ0n) is 16.9. The largest absolute Gasteiger partial charge is 0.493 e. The molecule has 0 spiro atoms. The number of rotatable bonds is 5. The summed E-state index contributed by atoms with van der Waals surface area (Å²) in [5, 5.41) is 14.6. The highest BCUT2D eigenvalue weighted by Gasteiger charge is 2.28. The number of carbonyl (C=O) groups excluding carboxylic acids is 1. The van der Waals surface area contributed by atoms with Gasteiger partial charge in [0, 0.05) is 0 Å². The molecule has 0 saturated heterocycles. The monoisotopic (exact) mass is 393 g/mol. The van der Waals surface area contributed by atoms with Gasteiger partial charge in [-0.1, -0.05) is 6.07 Å². The smallest absolute Gasteiger partial charge is 0.253 e. The standard InChI is InChI=1S/C21H23N5O3/c1-12-5-7-15(20(13(12)2)26-11-22-24-25-26)21(27)23-17-8-6-14-9-18(28-3)19(29-4)10-16(14)17/h5,7,9-11,17H,6,8H2,1-4H3,(H,23,27). The molecule has 0 radical (unpaired) electrons. The van der Waals surface area contributed by atoms with Gasteiger partial charge >= 0.3 is 0 Å². The van der Waals surface area contributed by atoms with E-state index in [1.165, 1.54) is 11.0 Å². The van der Waals surface area contributed by atoms with Gasteiger partial charge in [-0.2, -0.15) is 4.68 Å². The summed E-state index contributed by atoms with van der Waals surface area (Å²) in [5.74, 6) is 1.20. The number of aromatic nitrogens is 4. The molecule has 0 aliphatic heterocycles. The van der Waals surface area contributed by atoms with E-state index in [0.29, 0.717) is 22.7 Å². The zero-order chi connectivity index (χ0) is 20.5. The first kappa shape index (κ1) is 18.9. The van der Waals surface area contributed by atoms with Gasteiger partial charge in [-0.3, -0.25) is 4.79 Å². The lowest BCUT2D eigenvalue weighted by Crippen LogP contribution is -2.28. The predicted molar refractivity (Wildman–Crippen MR) is 107 cm³/mol. The first-order valence-electron chi connectivity index (χ1n) is 9.42. The van der Waals surface area contributed by atoms with Crippen LogP contribution in [0.2, 0.25) is 0 Å². The summed E-state index contributed by atoms with van der Waals surface area (Å²) in [6, 6.07) is 7.60. The first-order valence-corrected chi connectivity index (χ1v) is 9.42. The van der Waals surface area contributed by atoms with Crippen LogP contribution in [0.1, 0.15) is 45.1 Å². The Labute approximate surface area is 168 Å². The summed E-state index contributed by atoms with van der Waals surface area (Å²) < 4.78 is 12.4. The lowest BCUT2D eigenvalue weighted by atomic mass is 10.0. The minimum atomic E-state index is -0.161. The fourth-order valence-corrected chi connectivity index (χ4v) is 3.86. The van der Waals surface area contributed by atoms with E-state index in [9.17, 15) is 4.79 Å². The molecule has 0 saturated carbocycles. The van der Waals surface area contributed by atoms with Crippen molar-refractivity contribution in [2.24, 2.45) is 0 Å². The highest BCUT2D eigenvalue weighted by atomic mass is 16.5. The molecule has 1 aromatic heterocycles. The molecule has 1 amide bonds. The number of tetrazole rings is 1. The molecule has 1 atom stereocenters. The first-order chi connectivity index (χ1) is 14.0. The average Bonchev–Trinajstić information content (AvgIpc) is 3.39. The number of ether oxygens (including phenoxy) is 2. The van der Waals surface area contributed by atoms with E-state index in [0.717, 1.165) is 35.1 Å². The molecule has 2 aromatic carbocycles. The summed E-state index contributed by atoms with van der Waals surface area (Å²) in [7, 11) is 3.24. The van der Waals surface area contributed by atoms with Crippen LogP contribution < -0.4 is 14.8 Å². The van der Waals surface area contributed by atoms with E-state index >= 15 is 0 Å². The van der Waals surface area contributed by atoms with E-state index in [4.69, 9.17) is 9.47 Å². The topological polar surface area (TPSA) is 91.2 Å². The number of nitrogens with zero attached hydrogens (tertiary/aromatic N) is 4. The van der Waals surface area contributed by atoms with Gasteiger partial charge in [0.1, 0.15) is 6.33 Å². The summed E-state index contributed by atoms with van der Waals surface area (Å²) >= 11 is 0. The third kappa shape index (κ3) is 3.30. The normalized spacial score (nSPS) is 15.1. The number of carbonyl (C=O) groups is 1. The molecule has 0 bridgehead atoms. The van der Waals surface area contributed by atoms with E-state index in [-0.39, 0.29) is 11.9 Å². The van der Waals surface area contributed by atoms with Crippen molar-refractivity contribution in [3.63, 3.8) is 0 Å². The van der Waals surface area contributed by atoms with Gasteiger partial charge in [-0.05, 0) is 77.6 Å². The summed E-state index contributed by atoms with van der Waals surface area (Å²) in [5.41, 5.74) is 5.48. The van der Waals surface area contributed by atoms with Crippen molar-refractivity contribution in [1.29, 1.82) is 0 Å². The Hall–Kier alpha value is -3.42. The molecule has 4 rings (SSSR count). The Kier molecular flexibility index (Phi) is 4.92.